The van der Waals surface area contributed by atoms with Gasteiger partial charge in [-0.2, -0.15) is 13.2 Å². The molecule has 0 spiro atoms. The van der Waals surface area contributed by atoms with Gasteiger partial charge >= 0.3 is 6.18 Å². The summed E-state index contributed by atoms with van der Waals surface area (Å²) in [5.41, 5.74) is -0.573. The lowest BCUT2D eigenvalue weighted by Gasteiger charge is -2.33. The Morgan fingerprint density at radius 1 is 1.21 bits per heavy atom. The van der Waals surface area contributed by atoms with Crippen molar-refractivity contribution in [3.8, 4) is 0 Å². The van der Waals surface area contributed by atoms with E-state index in [0.29, 0.717) is 31.6 Å². The van der Waals surface area contributed by atoms with Gasteiger partial charge in [-0.05, 0) is 25.0 Å². The van der Waals surface area contributed by atoms with Crippen molar-refractivity contribution in [3.63, 3.8) is 0 Å². The minimum Gasteiger partial charge on any atom is -0.371 e. The third-order valence-corrected chi connectivity index (χ3v) is 3.30. The molecule has 7 heteroatoms. The minimum absolute atomic E-state index is 0.293. The summed E-state index contributed by atoms with van der Waals surface area (Å²) in [6.45, 7) is 0.687. The molecule has 1 fully saturated rings. The lowest BCUT2D eigenvalue weighted by Crippen LogP contribution is -2.36. The summed E-state index contributed by atoms with van der Waals surface area (Å²) in [5.74, 6) is -0.653. The van der Waals surface area contributed by atoms with Gasteiger partial charge < -0.3 is 4.90 Å². The van der Waals surface area contributed by atoms with E-state index in [2.05, 4.69) is 4.98 Å². The second-order valence-corrected chi connectivity index (χ2v) is 4.56. The zero-order chi connectivity index (χ0) is 14.0. The van der Waals surface area contributed by atoms with Crippen LogP contribution in [0, 0.1) is 5.92 Å². The van der Waals surface area contributed by atoms with Crippen molar-refractivity contribution in [1.82, 2.24) is 4.98 Å². The first-order chi connectivity index (χ1) is 8.88. The second kappa shape index (κ2) is 5.30. The summed E-state index contributed by atoms with van der Waals surface area (Å²) >= 11 is 0. The van der Waals surface area contributed by atoms with E-state index in [4.69, 9.17) is 0 Å². The van der Waals surface area contributed by atoms with Crippen LogP contribution in [0.2, 0.25) is 0 Å². The molecule has 0 aliphatic carbocycles. The Kier molecular flexibility index (Phi) is 3.91. The van der Waals surface area contributed by atoms with Crippen molar-refractivity contribution in [3.05, 3.63) is 24.0 Å². The maximum absolute atomic E-state index is 12.5. The first-order valence-electron chi connectivity index (χ1n) is 5.94. The topological polar surface area (TPSA) is 16.1 Å². The van der Waals surface area contributed by atoms with Crippen LogP contribution in [-0.2, 0) is 6.18 Å². The Labute approximate surface area is 107 Å². The fraction of sp³-hybridized carbons (Fsp3) is 0.583. The summed E-state index contributed by atoms with van der Waals surface area (Å²) in [4.78, 5) is 4.97. The van der Waals surface area contributed by atoms with Gasteiger partial charge in [0.05, 0.1) is 0 Å². The molecule has 1 aromatic heterocycles. The zero-order valence-electron chi connectivity index (χ0n) is 10.00. The van der Waals surface area contributed by atoms with Crippen LogP contribution in [0.15, 0.2) is 18.3 Å². The predicted octanol–water partition coefficient (Wildman–Crippen LogP) is 3.58. The average molecular weight is 280 g/mol. The molecule has 0 unspecified atom stereocenters. The summed E-state index contributed by atoms with van der Waals surface area (Å²) in [6, 6.07) is 2.43. The molecule has 0 saturated carbocycles. The third kappa shape index (κ3) is 3.33. The largest absolute Gasteiger partial charge is 0.433 e. The molecule has 1 aromatic rings. The Bertz CT molecular complexity index is 424. The number of nitrogens with zero attached hydrogens (tertiary/aromatic N) is 2. The molecule has 2 rings (SSSR count). The lowest BCUT2D eigenvalue weighted by atomic mass is 9.97. The number of hydrogen-bond acceptors (Lipinski definition) is 2. The molecule has 1 saturated heterocycles. The number of hydrogen-bond donors (Lipinski definition) is 0. The first kappa shape index (κ1) is 14.0. The molecule has 19 heavy (non-hydrogen) atoms. The van der Waals surface area contributed by atoms with Crippen molar-refractivity contribution in [2.45, 2.75) is 25.4 Å². The smallest absolute Gasteiger partial charge is 0.371 e. The molecule has 1 aliphatic rings. The number of rotatable bonds is 2. The van der Waals surface area contributed by atoms with E-state index in [1.165, 1.54) is 6.07 Å². The Balaban J connectivity index is 2.08. The van der Waals surface area contributed by atoms with E-state index < -0.39 is 24.2 Å². The Hall–Kier alpha value is -1.40. The SMILES string of the molecule is FC(F)C1CCN(c2ccnc(C(F)(F)F)c2)CC1. The number of piperidine rings is 1. The minimum atomic E-state index is -4.49. The van der Waals surface area contributed by atoms with E-state index in [1.807, 2.05) is 0 Å². The number of halogens is 5. The molecule has 0 radical (unpaired) electrons. The summed E-state index contributed by atoms with van der Waals surface area (Å²) in [6.07, 6.45) is -5.16. The molecule has 1 aliphatic heterocycles. The van der Waals surface area contributed by atoms with Crippen LogP contribution in [0.1, 0.15) is 18.5 Å². The van der Waals surface area contributed by atoms with Gasteiger partial charge in [0, 0.05) is 30.9 Å². The van der Waals surface area contributed by atoms with E-state index in [1.54, 1.807) is 4.90 Å². The fourth-order valence-electron chi connectivity index (χ4n) is 2.18. The molecule has 0 aromatic carbocycles. The second-order valence-electron chi connectivity index (χ2n) is 4.56. The quantitative estimate of drug-likeness (QED) is 0.770. The average Bonchev–Trinajstić information content (AvgIpc) is 2.38. The highest BCUT2D eigenvalue weighted by molar-refractivity contribution is 5.47. The van der Waals surface area contributed by atoms with Crippen molar-refractivity contribution >= 4 is 5.69 Å². The van der Waals surface area contributed by atoms with E-state index in [0.717, 1.165) is 12.3 Å². The molecular formula is C12H13F5N2. The van der Waals surface area contributed by atoms with E-state index in [-0.39, 0.29) is 0 Å². The highest BCUT2D eigenvalue weighted by Gasteiger charge is 2.33. The molecule has 2 heterocycles. The van der Waals surface area contributed by atoms with E-state index in [9.17, 15) is 22.0 Å². The van der Waals surface area contributed by atoms with E-state index >= 15 is 0 Å². The van der Waals surface area contributed by atoms with Crippen LogP contribution in [-0.4, -0.2) is 24.5 Å². The van der Waals surface area contributed by atoms with Crippen molar-refractivity contribution in [2.24, 2.45) is 5.92 Å². The van der Waals surface area contributed by atoms with Crippen molar-refractivity contribution in [1.29, 1.82) is 0 Å². The highest BCUT2D eigenvalue weighted by Crippen LogP contribution is 2.32. The molecule has 0 bridgehead atoms. The maximum atomic E-state index is 12.5. The monoisotopic (exact) mass is 280 g/mol. The number of pyridine rings is 1. The summed E-state index contributed by atoms with van der Waals surface area (Å²) in [5, 5.41) is 0. The van der Waals surface area contributed by atoms with Gasteiger partial charge in [-0.25, -0.2) is 8.78 Å². The van der Waals surface area contributed by atoms with Crippen molar-refractivity contribution in [2.75, 3.05) is 18.0 Å². The van der Waals surface area contributed by atoms with Crippen LogP contribution in [0.5, 0.6) is 0 Å². The van der Waals surface area contributed by atoms with Gasteiger partial charge in [-0.15, -0.1) is 0 Å². The summed E-state index contributed by atoms with van der Waals surface area (Å²) in [7, 11) is 0. The molecule has 0 atom stereocenters. The number of alkyl halides is 5. The Morgan fingerprint density at radius 2 is 1.84 bits per heavy atom. The molecule has 106 valence electrons. The molecule has 0 N–H and O–H groups in total. The lowest BCUT2D eigenvalue weighted by molar-refractivity contribution is -0.141. The standard InChI is InChI=1S/C12H13F5N2/c13-11(14)8-2-5-19(6-3-8)9-1-4-18-10(7-9)12(15,16)17/h1,4,7-8,11H,2-3,5-6H2. The maximum Gasteiger partial charge on any atom is 0.433 e. The van der Waals surface area contributed by atoms with Crippen LogP contribution in [0.4, 0.5) is 27.6 Å². The van der Waals surface area contributed by atoms with Gasteiger partial charge in [-0.1, -0.05) is 0 Å². The predicted molar refractivity (Wildman–Crippen MR) is 60.2 cm³/mol. The molecule has 0 amide bonds. The number of anilines is 1. The Morgan fingerprint density at radius 3 is 2.37 bits per heavy atom. The van der Waals surface area contributed by atoms with Crippen molar-refractivity contribution < 1.29 is 22.0 Å². The molecule has 2 nitrogen and oxygen atoms in total. The van der Waals surface area contributed by atoms with Crippen LogP contribution < -0.4 is 4.90 Å². The van der Waals surface area contributed by atoms with Gasteiger partial charge in [0.1, 0.15) is 5.69 Å². The van der Waals surface area contributed by atoms with Crippen LogP contribution >= 0.6 is 0 Å². The highest BCUT2D eigenvalue weighted by atomic mass is 19.4. The normalized spacial score (nSPS) is 18.1. The first-order valence-corrected chi connectivity index (χ1v) is 5.94. The van der Waals surface area contributed by atoms with Gasteiger partial charge in [0.2, 0.25) is 6.43 Å². The van der Waals surface area contributed by atoms with Gasteiger partial charge in [0.15, 0.2) is 0 Å². The van der Waals surface area contributed by atoms with Gasteiger partial charge in [0.25, 0.3) is 0 Å². The zero-order valence-corrected chi connectivity index (χ0v) is 10.00. The van der Waals surface area contributed by atoms with Crippen LogP contribution in [0.25, 0.3) is 0 Å². The van der Waals surface area contributed by atoms with Gasteiger partial charge in [-0.3, -0.25) is 4.98 Å². The summed E-state index contributed by atoms with van der Waals surface area (Å²) < 4.78 is 62.6. The number of aromatic nitrogens is 1. The third-order valence-electron chi connectivity index (χ3n) is 3.30. The molecular weight excluding hydrogens is 267 g/mol. The fourth-order valence-corrected chi connectivity index (χ4v) is 2.18. The van der Waals surface area contributed by atoms with Crippen LogP contribution in [0.3, 0.4) is 0 Å².